The molecule has 4 aliphatic rings. The van der Waals surface area contributed by atoms with Crippen LogP contribution in [0.1, 0.15) is 39.5 Å². The Balaban J connectivity index is 1.30. The average Bonchev–Trinajstić information content (AvgIpc) is 3.50. The first kappa shape index (κ1) is 27.6. The van der Waals surface area contributed by atoms with Gasteiger partial charge < -0.3 is 28.4 Å². The Bertz CT molecular complexity index is 1070. The van der Waals surface area contributed by atoms with Gasteiger partial charge in [-0.15, -0.1) is 0 Å². The summed E-state index contributed by atoms with van der Waals surface area (Å²) in [5.41, 5.74) is -0.654. The summed E-state index contributed by atoms with van der Waals surface area (Å²) < 4.78 is 87.8. The number of rotatable bonds is 10. The fourth-order valence-electron chi connectivity index (χ4n) is 5.19. The quantitative estimate of drug-likeness (QED) is 0.218. The molecule has 37 heavy (non-hydrogen) atoms. The van der Waals surface area contributed by atoms with Gasteiger partial charge in [0.15, 0.2) is 18.3 Å². The molecular weight excluding hydrogens is 530 g/mol. The lowest BCUT2D eigenvalue weighted by atomic mass is 9.78. The van der Waals surface area contributed by atoms with Crippen LogP contribution < -0.4 is 0 Å². The van der Waals surface area contributed by atoms with E-state index in [2.05, 4.69) is 4.74 Å². The molecule has 0 amide bonds. The van der Waals surface area contributed by atoms with E-state index in [4.69, 9.17) is 28.2 Å². The summed E-state index contributed by atoms with van der Waals surface area (Å²) in [4.78, 5) is 49.3. The number of carbonyl (C=O) groups is 4. The smallest absolute Gasteiger partial charge is 0.405 e. The predicted octanol–water partition coefficient (Wildman–Crippen LogP) is 0.142. The van der Waals surface area contributed by atoms with Crippen molar-refractivity contribution in [3.63, 3.8) is 0 Å². The van der Waals surface area contributed by atoms with Gasteiger partial charge in [-0.05, 0) is 39.5 Å². The molecule has 4 rings (SSSR count). The highest BCUT2D eigenvalue weighted by molar-refractivity contribution is 7.86. The van der Waals surface area contributed by atoms with E-state index in [0.717, 1.165) is 12.8 Å². The summed E-state index contributed by atoms with van der Waals surface area (Å²) in [5, 5.41) is -4.76. The van der Waals surface area contributed by atoms with Crippen molar-refractivity contribution in [2.45, 2.75) is 80.9 Å². The molecule has 7 unspecified atom stereocenters. The van der Waals surface area contributed by atoms with Crippen molar-refractivity contribution < 1.29 is 69.4 Å². The van der Waals surface area contributed by atoms with E-state index >= 15 is 0 Å². The van der Waals surface area contributed by atoms with Gasteiger partial charge in [0.25, 0.3) is 0 Å². The van der Waals surface area contributed by atoms with Crippen molar-refractivity contribution >= 4 is 34.0 Å². The highest BCUT2D eigenvalue weighted by Gasteiger charge is 2.72. The first-order valence-corrected chi connectivity index (χ1v) is 13.0. The molecule has 4 fully saturated rings. The molecular formula is C21H26F2O13S. The molecule has 3 heterocycles. The molecule has 208 valence electrons. The van der Waals surface area contributed by atoms with Gasteiger partial charge in [-0.1, -0.05) is 0 Å². The van der Waals surface area contributed by atoms with Crippen molar-refractivity contribution in [3.05, 3.63) is 0 Å². The summed E-state index contributed by atoms with van der Waals surface area (Å²) in [7, 11) is -5.83. The van der Waals surface area contributed by atoms with Crippen molar-refractivity contribution in [2.24, 2.45) is 11.8 Å². The van der Waals surface area contributed by atoms with Crippen LogP contribution >= 0.6 is 0 Å². The zero-order chi connectivity index (χ0) is 27.3. The minimum Gasteiger partial charge on any atom is -0.459 e. The van der Waals surface area contributed by atoms with Gasteiger partial charge in [-0.2, -0.15) is 17.2 Å². The molecule has 7 atom stereocenters. The third-order valence-corrected chi connectivity index (χ3v) is 8.04. The minimum atomic E-state index is -5.83. The van der Waals surface area contributed by atoms with Gasteiger partial charge in [0.05, 0.1) is 0 Å². The summed E-state index contributed by atoms with van der Waals surface area (Å²) >= 11 is 0. The lowest BCUT2D eigenvalue weighted by Gasteiger charge is -2.31. The van der Waals surface area contributed by atoms with Crippen molar-refractivity contribution in [2.75, 3.05) is 13.2 Å². The molecule has 1 N–H and O–H groups in total. The maximum absolute atomic E-state index is 13.4. The Morgan fingerprint density at radius 3 is 2.38 bits per heavy atom. The van der Waals surface area contributed by atoms with E-state index in [-0.39, 0.29) is 0 Å². The number of carbonyl (C=O) groups excluding carboxylic acids is 4. The Morgan fingerprint density at radius 2 is 1.76 bits per heavy atom. The van der Waals surface area contributed by atoms with E-state index in [0.29, 0.717) is 19.8 Å². The van der Waals surface area contributed by atoms with Gasteiger partial charge in [0.2, 0.25) is 0 Å². The molecule has 3 aliphatic heterocycles. The first-order valence-electron chi connectivity index (χ1n) is 11.5. The van der Waals surface area contributed by atoms with Crippen molar-refractivity contribution in [3.8, 4) is 0 Å². The number of hydrogen-bond donors (Lipinski definition) is 1. The first-order chi connectivity index (χ1) is 17.1. The van der Waals surface area contributed by atoms with Crippen LogP contribution in [0.4, 0.5) is 8.78 Å². The topological polar surface area (TPSA) is 178 Å². The predicted molar refractivity (Wildman–Crippen MR) is 111 cm³/mol. The molecule has 2 bridgehead atoms. The lowest BCUT2D eigenvalue weighted by Crippen LogP contribution is -2.49. The fraction of sp³-hybridized carbons (Fsp3) is 0.810. The molecule has 0 aromatic rings. The number of hydrogen-bond acceptors (Lipinski definition) is 12. The van der Waals surface area contributed by atoms with Gasteiger partial charge in [-0.3, -0.25) is 14.1 Å². The van der Waals surface area contributed by atoms with Crippen molar-refractivity contribution in [1.82, 2.24) is 0 Å². The van der Waals surface area contributed by atoms with E-state index in [9.17, 15) is 36.4 Å². The van der Waals surface area contributed by atoms with Gasteiger partial charge >= 0.3 is 39.2 Å². The number of esters is 4. The molecule has 1 saturated carbocycles. The van der Waals surface area contributed by atoms with Crippen LogP contribution in [0.2, 0.25) is 0 Å². The van der Waals surface area contributed by atoms with Crippen molar-refractivity contribution in [1.29, 1.82) is 0 Å². The standard InChI is InChI=1S/C21H26F2O13S/c1-9(21(22,23)37(28,29)30)32-10(24)7-31-8-11(25)33-16-15-13(12-14(34-15)17(16)35-18(12)26)19(27)36-20(2)5-3-4-6-20/h9,12-17H,3-8H2,1-2H3,(H,28,29,30). The van der Waals surface area contributed by atoms with Gasteiger partial charge in [-0.25, -0.2) is 9.59 Å². The lowest BCUT2D eigenvalue weighted by molar-refractivity contribution is -0.175. The normalized spacial score (nSPS) is 32.6. The Hall–Kier alpha value is -2.43. The summed E-state index contributed by atoms with van der Waals surface area (Å²) in [6.07, 6.45) is -3.24. The van der Waals surface area contributed by atoms with Gasteiger partial charge in [0.1, 0.15) is 42.9 Å². The summed E-state index contributed by atoms with van der Waals surface area (Å²) in [5.74, 6) is -5.70. The average molecular weight is 556 g/mol. The van der Waals surface area contributed by atoms with E-state index in [1.807, 2.05) is 6.92 Å². The molecule has 13 nitrogen and oxygen atoms in total. The third kappa shape index (κ3) is 5.15. The molecule has 3 saturated heterocycles. The number of halogens is 2. The van der Waals surface area contributed by atoms with E-state index in [1.54, 1.807) is 0 Å². The zero-order valence-corrected chi connectivity index (χ0v) is 20.6. The van der Waals surface area contributed by atoms with E-state index < -0.39 is 100 Å². The van der Waals surface area contributed by atoms with Crippen LogP contribution in [-0.2, 0) is 57.7 Å². The van der Waals surface area contributed by atoms with E-state index in [1.165, 1.54) is 0 Å². The second kappa shape index (κ2) is 9.71. The highest BCUT2D eigenvalue weighted by atomic mass is 32.2. The monoisotopic (exact) mass is 556 g/mol. The Kier molecular flexibility index (Phi) is 7.24. The van der Waals surface area contributed by atoms with Crippen LogP contribution in [0, 0.1) is 11.8 Å². The van der Waals surface area contributed by atoms with Crippen LogP contribution in [0.5, 0.6) is 0 Å². The molecule has 0 aromatic heterocycles. The van der Waals surface area contributed by atoms with Gasteiger partial charge in [0, 0.05) is 0 Å². The van der Waals surface area contributed by atoms with Crippen LogP contribution in [0.3, 0.4) is 0 Å². The summed E-state index contributed by atoms with van der Waals surface area (Å²) in [6, 6.07) is 0. The number of alkyl halides is 2. The second-order valence-corrected chi connectivity index (χ2v) is 11.2. The van der Waals surface area contributed by atoms with Crippen LogP contribution in [0.15, 0.2) is 0 Å². The SMILES string of the molecule is CC(OC(=O)COCC(=O)OC1C2OC(=O)C3C2OC1C3C(=O)OC1(C)CCCC1)C(F)(F)S(=O)(=O)O. The molecule has 16 heteroatoms. The maximum atomic E-state index is 13.4. The zero-order valence-electron chi connectivity index (χ0n) is 19.8. The molecule has 0 radical (unpaired) electrons. The molecule has 0 spiro atoms. The Labute approximate surface area is 209 Å². The largest absolute Gasteiger partial charge is 0.459 e. The molecule has 0 aromatic carbocycles. The number of fused-ring (bicyclic) bond motifs is 1. The maximum Gasteiger partial charge on any atom is 0.405 e. The second-order valence-electron chi connectivity index (χ2n) is 9.71. The summed E-state index contributed by atoms with van der Waals surface area (Å²) in [6.45, 7) is 0.470. The van der Waals surface area contributed by atoms with Crippen LogP contribution in [0.25, 0.3) is 0 Å². The minimum absolute atomic E-state index is 0.541. The molecule has 1 aliphatic carbocycles. The van der Waals surface area contributed by atoms with Crippen LogP contribution in [-0.4, -0.2) is 91.4 Å². The fourth-order valence-corrected chi connectivity index (χ4v) is 5.66. The highest BCUT2D eigenvalue weighted by Crippen LogP contribution is 2.52. The Morgan fingerprint density at radius 1 is 1.14 bits per heavy atom. The number of ether oxygens (including phenoxy) is 6. The third-order valence-electron chi connectivity index (χ3n) is 7.02.